The van der Waals surface area contributed by atoms with Gasteiger partial charge < -0.3 is 0 Å². The Hall–Kier alpha value is -1.92. The summed E-state index contributed by atoms with van der Waals surface area (Å²) in [7, 11) is 0. The second-order valence-electron chi connectivity index (χ2n) is 5.61. The van der Waals surface area contributed by atoms with Crippen LogP contribution < -0.4 is 0 Å². The van der Waals surface area contributed by atoms with Gasteiger partial charge in [0.2, 0.25) is 5.16 Å². The molecule has 0 aliphatic heterocycles. The zero-order chi connectivity index (χ0) is 17.1. The molecule has 0 unspecified atom stereocenters. The van der Waals surface area contributed by atoms with Gasteiger partial charge in [0.1, 0.15) is 5.82 Å². The Morgan fingerprint density at radius 2 is 1.92 bits per heavy atom. The van der Waals surface area contributed by atoms with Gasteiger partial charge in [0.15, 0.2) is 0 Å². The fourth-order valence-electron chi connectivity index (χ4n) is 2.24. The Labute approximate surface area is 149 Å². The van der Waals surface area contributed by atoms with Gasteiger partial charge in [0.05, 0.1) is 5.69 Å². The van der Waals surface area contributed by atoms with E-state index in [0.717, 1.165) is 5.69 Å². The first-order valence-corrected chi connectivity index (χ1v) is 8.87. The van der Waals surface area contributed by atoms with E-state index in [1.807, 2.05) is 12.1 Å². The molecule has 3 rings (SSSR count). The van der Waals surface area contributed by atoms with Crippen LogP contribution >= 0.6 is 23.4 Å². The first kappa shape index (κ1) is 16.9. The molecule has 0 saturated heterocycles. The number of hydrogen-bond donors (Lipinski definition) is 0. The highest BCUT2D eigenvalue weighted by Gasteiger charge is 2.13. The molecule has 0 radical (unpaired) electrons. The second-order valence-corrected chi connectivity index (χ2v) is 6.96. The Morgan fingerprint density at radius 3 is 2.58 bits per heavy atom. The summed E-state index contributed by atoms with van der Waals surface area (Å²) in [5.41, 5.74) is 2.57. The number of rotatable bonds is 5. The number of halogens is 2. The van der Waals surface area contributed by atoms with Crippen molar-refractivity contribution in [1.82, 2.24) is 20.2 Å². The second kappa shape index (κ2) is 7.32. The average Bonchev–Trinajstić information content (AvgIpc) is 3.03. The highest BCUT2D eigenvalue weighted by Crippen LogP contribution is 2.28. The van der Waals surface area contributed by atoms with Crippen LogP contribution in [0.2, 0.25) is 5.02 Å². The van der Waals surface area contributed by atoms with Crippen LogP contribution in [0.5, 0.6) is 0 Å². The number of aromatic nitrogens is 4. The summed E-state index contributed by atoms with van der Waals surface area (Å²) >= 11 is 7.40. The lowest BCUT2D eigenvalue weighted by molar-refractivity contribution is 0.617. The van der Waals surface area contributed by atoms with E-state index in [2.05, 4.69) is 41.5 Å². The van der Waals surface area contributed by atoms with E-state index < -0.39 is 0 Å². The van der Waals surface area contributed by atoms with Gasteiger partial charge in [-0.15, -0.1) is 5.10 Å². The van der Waals surface area contributed by atoms with Gasteiger partial charge in [-0.3, -0.25) is 0 Å². The molecule has 0 bridgehead atoms. The third-order valence-corrected chi connectivity index (χ3v) is 4.95. The minimum absolute atomic E-state index is 0.324. The maximum absolute atomic E-state index is 13.9. The molecule has 0 aliphatic rings. The van der Waals surface area contributed by atoms with Crippen LogP contribution in [-0.2, 0) is 5.75 Å². The molecule has 7 heteroatoms. The monoisotopic (exact) mass is 362 g/mol. The molecule has 24 heavy (non-hydrogen) atoms. The molecule has 4 nitrogen and oxygen atoms in total. The molecule has 0 fully saturated rings. The smallest absolute Gasteiger partial charge is 0.207 e. The van der Waals surface area contributed by atoms with Crippen LogP contribution in [0.25, 0.3) is 5.69 Å². The maximum Gasteiger partial charge on any atom is 0.214 e. The average molecular weight is 363 g/mol. The largest absolute Gasteiger partial charge is 0.214 e. The van der Waals surface area contributed by atoms with Crippen molar-refractivity contribution < 1.29 is 4.39 Å². The molecule has 0 atom stereocenters. The Balaban J connectivity index is 1.80. The minimum Gasteiger partial charge on any atom is -0.207 e. The fraction of sp³-hybridized carbons (Fsp3) is 0.235. The summed E-state index contributed by atoms with van der Waals surface area (Å²) in [6.07, 6.45) is 0. The zero-order valence-electron chi connectivity index (χ0n) is 13.3. The summed E-state index contributed by atoms with van der Waals surface area (Å²) < 4.78 is 15.5. The molecule has 124 valence electrons. The van der Waals surface area contributed by atoms with Gasteiger partial charge in [0.25, 0.3) is 0 Å². The highest BCUT2D eigenvalue weighted by atomic mass is 35.5. The van der Waals surface area contributed by atoms with Crippen molar-refractivity contribution in [3.63, 3.8) is 0 Å². The van der Waals surface area contributed by atoms with E-state index in [9.17, 15) is 4.39 Å². The summed E-state index contributed by atoms with van der Waals surface area (Å²) in [5, 5.41) is 12.8. The fourth-order valence-corrected chi connectivity index (χ4v) is 3.47. The number of tetrazole rings is 1. The minimum atomic E-state index is -0.324. The number of hydrogen-bond acceptors (Lipinski definition) is 4. The van der Waals surface area contributed by atoms with Gasteiger partial charge in [-0.1, -0.05) is 55.4 Å². The Morgan fingerprint density at radius 1 is 1.17 bits per heavy atom. The van der Waals surface area contributed by atoms with Crippen molar-refractivity contribution in [3.8, 4) is 5.69 Å². The molecular formula is C17H16ClFN4S. The van der Waals surface area contributed by atoms with Crippen LogP contribution in [0.3, 0.4) is 0 Å². The molecule has 2 aromatic carbocycles. The molecule has 0 N–H and O–H groups in total. The van der Waals surface area contributed by atoms with Gasteiger partial charge in [-0.25, -0.2) is 4.39 Å². The first-order valence-electron chi connectivity index (χ1n) is 7.50. The lowest BCUT2D eigenvalue weighted by Crippen LogP contribution is -2.00. The molecule has 1 heterocycles. The predicted molar refractivity (Wildman–Crippen MR) is 94.2 cm³/mol. The normalized spacial score (nSPS) is 11.2. The summed E-state index contributed by atoms with van der Waals surface area (Å²) in [5.74, 6) is 0.496. The summed E-state index contributed by atoms with van der Waals surface area (Å²) in [6.45, 7) is 4.29. The zero-order valence-corrected chi connectivity index (χ0v) is 14.9. The van der Waals surface area contributed by atoms with Crippen LogP contribution in [0.1, 0.15) is 30.9 Å². The van der Waals surface area contributed by atoms with Gasteiger partial charge in [-0.05, 0) is 46.2 Å². The lowest BCUT2D eigenvalue weighted by Gasteiger charge is -2.08. The first-order chi connectivity index (χ1) is 11.6. The third-order valence-electron chi connectivity index (χ3n) is 3.65. The van der Waals surface area contributed by atoms with Crippen molar-refractivity contribution in [2.75, 3.05) is 0 Å². The molecule has 0 saturated carbocycles. The van der Waals surface area contributed by atoms with Crippen LogP contribution in [0.4, 0.5) is 4.39 Å². The molecule has 1 aromatic heterocycles. The van der Waals surface area contributed by atoms with Crippen LogP contribution in [-0.4, -0.2) is 20.2 Å². The van der Waals surface area contributed by atoms with E-state index in [1.54, 1.807) is 16.8 Å². The predicted octanol–water partition coefficient (Wildman–Crippen LogP) is 4.87. The highest BCUT2D eigenvalue weighted by molar-refractivity contribution is 7.98. The SMILES string of the molecule is CC(C)c1ccc(-n2nnnc2SCc2c(F)cccc2Cl)cc1. The topological polar surface area (TPSA) is 43.6 Å². The Kier molecular flexibility index (Phi) is 5.16. The van der Waals surface area contributed by atoms with E-state index >= 15 is 0 Å². The van der Waals surface area contributed by atoms with E-state index in [1.165, 1.54) is 23.4 Å². The van der Waals surface area contributed by atoms with Crippen LogP contribution in [0.15, 0.2) is 47.6 Å². The number of benzene rings is 2. The van der Waals surface area contributed by atoms with Crippen molar-refractivity contribution in [1.29, 1.82) is 0 Å². The van der Waals surface area contributed by atoms with Gasteiger partial charge >= 0.3 is 0 Å². The summed E-state index contributed by atoms with van der Waals surface area (Å²) in [6, 6.07) is 12.7. The molecular weight excluding hydrogens is 347 g/mol. The van der Waals surface area contributed by atoms with E-state index in [-0.39, 0.29) is 5.82 Å². The Bertz CT molecular complexity index is 813. The van der Waals surface area contributed by atoms with Crippen molar-refractivity contribution in [3.05, 3.63) is 64.4 Å². The lowest BCUT2D eigenvalue weighted by atomic mass is 10.0. The molecule has 0 amide bonds. The van der Waals surface area contributed by atoms with Crippen LogP contribution in [0, 0.1) is 5.82 Å². The standard InChI is InChI=1S/C17H16ClFN4S/c1-11(2)12-6-8-13(9-7-12)23-17(20-21-22-23)24-10-14-15(18)4-3-5-16(14)19/h3-9,11H,10H2,1-2H3. The maximum atomic E-state index is 13.9. The number of thioether (sulfide) groups is 1. The quantitative estimate of drug-likeness (QED) is 0.607. The van der Waals surface area contributed by atoms with Gasteiger partial charge in [-0.2, -0.15) is 4.68 Å². The van der Waals surface area contributed by atoms with Crippen molar-refractivity contribution >= 4 is 23.4 Å². The van der Waals surface area contributed by atoms with E-state index in [0.29, 0.717) is 27.4 Å². The molecule has 0 spiro atoms. The summed E-state index contributed by atoms with van der Waals surface area (Å²) in [4.78, 5) is 0. The van der Waals surface area contributed by atoms with E-state index in [4.69, 9.17) is 11.6 Å². The molecule has 0 aliphatic carbocycles. The number of nitrogens with zero attached hydrogens (tertiary/aromatic N) is 4. The van der Waals surface area contributed by atoms with Crippen molar-refractivity contribution in [2.45, 2.75) is 30.7 Å². The molecule has 3 aromatic rings. The van der Waals surface area contributed by atoms with Gasteiger partial charge in [0, 0.05) is 16.3 Å². The van der Waals surface area contributed by atoms with Crippen molar-refractivity contribution in [2.24, 2.45) is 0 Å². The third kappa shape index (κ3) is 3.60.